The van der Waals surface area contributed by atoms with Crippen molar-refractivity contribution in [3.8, 4) is 0 Å². The molecule has 2 saturated heterocycles. The fourth-order valence-electron chi connectivity index (χ4n) is 5.32. The Labute approximate surface area is 192 Å². The molecule has 2 amide bonds. The molecule has 32 heavy (non-hydrogen) atoms. The van der Waals surface area contributed by atoms with Crippen LogP contribution in [0.2, 0.25) is 0 Å². The summed E-state index contributed by atoms with van der Waals surface area (Å²) >= 11 is 0. The maximum atomic E-state index is 13.6. The maximum absolute atomic E-state index is 13.6. The highest BCUT2D eigenvalue weighted by molar-refractivity contribution is 7.89. The van der Waals surface area contributed by atoms with E-state index in [4.69, 9.17) is 0 Å². The van der Waals surface area contributed by atoms with Crippen molar-refractivity contribution in [2.24, 2.45) is 5.92 Å². The number of piperidine rings is 1. The molecular weight excluding hydrogens is 426 g/mol. The molecule has 2 aliphatic rings. The van der Waals surface area contributed by atoms with Gasteiger partial charge in [-0.05, 0) is 71.4 Å². The number of carbonyl (C=O) groups excluding carboxylic acids is 2. The Balaban J connectivity index is 1.74. The van der Waals surface area contributed by atoms with Crippen molar-refractivity contribution in [3.63, 3.8) is 0 Å². The summed E-state index contributed by atoms with van der Waals surface area (Å²) in [5.74, 6) is -0.0139. The fraction of sp³-hybridized carbons (Fsp3) is 0.667. The fourth-order valence-corrected chi connectivity index (χ4v) is 7.38. The lowest BCUT2D eigenvalue weighted by Crippen LogP contribution is -2.51. The van der Waals surface area contributed by atoms with Gasteiger partial charge in [-0.15, -0.1) is 0 Å². The summed E-state index contributed by atoms with van der Waals surface area (Å²) in [4.78, 5) is 30.0. The van der Waals surface area contributed by atoms with Crippen LogP contribution in [-0.4, -0.2) is 73.1 Å². The van der Waals surface area contributed by atoms with Crippen molar-refractivity contribution >= 4 is 21.8 Å². The van der Waals surface area contributed by atoms with E-state index >= 15 is 0 Å². The van der Waals surface area contributed by atoms with Gasteiger partial charge in [0.1, 0.15) is 6.04 Å². The number of hydrogen-bond acceptors (Lipinski definition) is 4. The lowest BCUT2D eigenvalue weighted by molar-refractivity contribution is -0.142. The van der Waals surface area contributed by atoms with Gasteiger partial charge >= 0.3 is 0 Å². The minimum atomic E-state index is -3.77. The van der Waals surface area contributed by atoms with Crippen molar-refractivity contribution in [1.29, 1.82) is 0 Å². The van der Waals surface area contributed by atoms with Gasteiger partial charge in [0.25, 0.3) is 0 Å². The van der Waals surface area contributed by atoms with Crippen molar-refractivity contribution in [1.82, 2.24) is 14.1 Å². The zero-order chi connectivity index (χ0) is 23.6. The molecule has 0 spiro atoms. The molecule has 0 radical (unpaired) electrons. The molecular formula is C24H37N3O4S. The van der Waals surface area contributed by atoms with Gasteiger partial charge in [0.15, 0.2) is 0 Å². The highest BCUT2D eigenvalue weighted by atomic mass is 32.2. The number of hydrogen-bond donors (Lipinski definition) is 0. The first-order chi connectivity index (χ1) is 15.1. The third-order valence-electron chi connectivity index (χ3n) is 6.89. The van der Waals surface area contributed by atoms with Gasteiger partial charge < -0.3 is 9.80 Å². The number of nitrogens with zero attached hydrogens (tertiary/aromatic N) is 3. The quantitative estimate of drug-likeness (QED) is 0.650. The summed E-state index contributed by atoms with van der Waals surface area (Å²) in [6.07, 6.45) is 2.49. The average Bonchev–Trinajstić information content (AvgIpc) is 3.24. The Kier molecular flexibility index (Phi) is 7.65. The standard InChI is InChI=1S/C24H37N3O4S/c1-6-25(7-2)23(28)20-10-13-26(14-11-20)24(29)21-9-8-12-27(21)32(30,31)22-18(4)15-17(3)16-19(22)5/h15-16,20-21H,6-14H2,1-5H3. The van der Waals surface area contributed by atoms with E-state index in [2.05, 4.69) is 0 Å². The van der Waals surface area contributed by atoms with Gasteiger partial charge in [0.2, 0.25) is 21.8 Å². The Morgan fingerprint density at radius 2 is 1.53 bits per heavy atom. The first-order valence-electron chi connectivity index (χ1n) is 11.8. The second kappa shape index (κ2) is 9.91. The van der Waals surface area contributed by atoms with Crippen LogP contribution in [-0.2, 0) is 19.6 Å². The zero-order valence-electron chi connectivity index (χ0n) is 20.1. The van der Waals surface area contributed by atoms with E-state index in [0.29, 0.717) is 63.3 Å². The van der Waals surface area contributed by atoms with Gasteiger partial charge in [-0.3, -0.25) is 9.59 Å². The van der Waals surface area contributed by atoms with Crippen molar-refractivity contribution < 1.29 is 18.0 Å². The lowest BCUT2D eigenvalue weighted by atomic mass is 9.94. The number of amides is 2. The van der Waals surface area contributed by atoms with Crippen LogP contribution in [0.25, 0.3) is 0 Å². The van der Waals surface area contributed by atoms with Crippen LogP contribution in [0.15, 0.2) is 17.0 Å². The van der Waals surface area contributed by atoms with Crippen LogP contribution < -0.4 is 0 Å². The third kappa shape index (κ3) is 4.71. The molecule has 8 heteroatoms. The summed E-state index contributed by atoms with van der Waals surface area (Å²) in [5, 5.41) is 0. The van der Waals surface area contributed by atoms with Gasteiger partial charge in [-0.2, -0.15) is 4.31 Å². The van der Waals surface area contributed by atoms with E-state index < -0.39 is 16.1 Å². The van der Waals surface area contributed by atoms with Crippen molar-refractivity contribution in [3.05, 3.63) is 28.8 Å². The number of carbonyl (C=O) groups is 2. The highest BCUT2D eigenvalue weighted by Gasteiger charge is 2.43. The van der Waals surface area contributed by atoms with E-state index in [1.807, 2.05) is 51.7 Å². The van der Waals surface area contributed by atoms with E-state index in [0.717, 1.165) is 16.7 Å². The molecule has 0 aromatic heterocycles. The highest BCUT2D eigenvalue weighted by Crippen LogP contribution is 2.32. The van der Waals surface area contributed by atoms with Crippen LogP contribution in [0.5, 0.6) is 0 Å². The second-order valence-corrected chi connectivity index (χ2v) is 10.9. The molecule has 1 unspecified atom stereocenters. The minimum absolute atomic E-state index is 0.0554. The number of sulfonamides is 1. The van der Waals surface area contributed by atoms with Crippen LogP contribution in [0.3, 0.4) is 0 Å². The molecule has 0 bridgehead atoms. The number of aryl methyl sites for hydroxylation is 3. The minimum Gasteiger partial charge on any atom is -0.343 e. The summed E-state index contributed by atoms with van der Waals surface area (Å²) in [6, 6.07) is 3.10. The molecule has 1 aromatic carbocycles. The summed E-state index contributed by atoms with van der Waals surface area (Å²) in [6.45, 7) is 12.3. The average molecular weight is 464 g/mol. The van der Waals surface area contributed by atoms with Crippen LogP contribution in [0.4, 0.5) is 0 Å². The predicted molar refractivity (Wildman–Crippen MR) is 125 cm³/mol. The number of benzene rings is 1. The van der Waals surface area contributed by atoms with Crippen LogP contribution >= 0.6 is 0 Å². The largest absolute Gasteiger partial charge is 0.343 e. The Bertz CT molecular complexity index is 940. The predicted octanol–water partition coefficient (Wildman–Crippen LogP) is 2.87. The maximum Gasteiger partial charge on any atom is 0.244 e. The Morgan fingerprint density at radius 3 is 2.06 bits per heavy atom. The molecule has 1 atom stereocenters. The van der Waals surface area contributed by atoms with E-state index in [9.17, 15) is 18.0 Å². The van der Waals surface area contributed by atoms with Gasteiger partial charge in [0, 0.05) is 38.6 Å². The van der Waals surface area contributed by atoms with Crippen molar-refractivity contribution in [2.75, 3.05) is 32.7 Å². The van der Waals surface area contributed by atoms with Crippen LogP contribution in [0, 0.1) is 26.7 Å². The summed E-state index contributed by atoms with van der Waals surface area (Å²) in [7, 11) is -3.77. The van der Waals surface area contributed by atoms with Crippen molar-refractivity contribution in [2.45, 2.75) is 71.2 Å². The molecule has 1 aromatic rings. The molecule has 2 fully saturated rings. The smallest absolute Gasteiger partial charge is 0.244 e. The van der Waals surface area contributed by atoms with E-state index in [1.54, 1.807) is 4.90 Å². The molecule has 178 valence electrons. The Morgan fingerprint density at radius 1 is 0.969 bits per heavy atom. The third-order valence-corrected chi connectivity index (χ3v) is 9.11. The zero-order valence-corrected chi connectivity index (χ0v) is 20.9. The molecule has 7 nitrogen and oxygen atoms in total. The SMILES string of the molecule is CCN(CC)C(=O)C1CCN(C(=O)C2CCCN2S(=O)(=O)c2c(C)cc(C)cc2C)CC1. The van der Waals surface area contributed by atoms with Gasteiger partial charge in [-0.1, -0.05) is 17.7 Å². The summed E-state index contributed by atoms with van der Waals surface area (Å²) in [5.41, 5.74) is 2.46. The molecule has 0 saturated carbocycles. The number of likely N-dealkylation sites (tertiary alicyclic amines) is 1. The van der Waals surface area contributed by atoms with Crippen LogP contribution in [0.1, 0.15) is 56.2 Å². The molecule has 3 rings (SSSR count). The molecule has 2 heterocycles. The van der Waals surface area contributed by atoms with Gasteiger partial charge in [0.05, 0.1) is 4.90 Å². The lowest BCUT2D eigenvalue weighted by Gasteiger charge is -2.36. The first-order valence-corrected chi connectivity index (χ1v) is 13.2. The first kappa shape index (κ1) is 24.7. The number of rotatable bonds is 6. The monoisotopic (exact) mass is 463 g/mol. The Hall–Kier alpha value is -1.93. The van der Waals surface area contributed by atoms with E-state index in [1.165, 1.54) is 4.31 Å². The van der Waals surface area contributed by atoms with Gasteiger partial charge in [-0.25, -0.2) is 8.42 Å². The second-order valence-electron chi connectivity index (χ2n) is 9.11. The molecule has 0 N–H and O–H groups in total. The van der Waals surface area contributed by atoms with E-state index in [-0.39, 0.29) is 17.7 Å². The molecule has 2 aliphatic heterocycles. The molecule has 0 aliphatic carbocycles. The summed E-state index contributed by atoms with van der Waals surface area (Å²) < 4.78 is 28.6. The topological polar surface area (TPSA) is 78.0 Å². The normalized spacial score (nSPS) is 20.5.